The van der Waals surface area contributed by atoms with Crippen LogP contribution in [-0.4, -0.2) is 25.1 Å². The second-order valence-corrected chi connectivity index (χ2v) is 5.77. The fourth-order valence-corrected chi connectivity index (χ4v) is 3.06. The van der Waals surface area contributed by atoms with E-state index in [-0.39, 0.29) is 11.4 Å². The van der Waals surface area contributed by atoms with Crippen molar-refractivity contribution >= 4 is 11.6 Å². The van der Waals surface area contributed by atoms with Crippen LogP contribution in [0.3, 0.4) is 0 Å². The number of ether oxygens (including phenoxy) is 1. The van der Waals surface area contributed by atoms with Gasteiger partial charge in [-0.3, -0.25) is 4.79 Å². The molecule has 0 heterocycles. The van der Waals surface area contributed by atoms with E-state index in [0.29, 0.717) is 13.0 Å². The number of benzene rings is 1. The highest BCUT2D eigenvalue weighted by molar-refractivity contribution is 5.91. The second kappa shape index (κ2) is 7.46. The fourth-order valence-electron chi connectivity index (χ4n) is 3.06. The molecule has 0 aliphatic heterocycles. The first-order valence-electron chi connectivity index (χ1n) is 7.89. The maximum atomic E-state index is 12.3. The Labute approximate surface area is 127 Å². The zero-order chi connectivity index (χ0) is 15.1. The lowest BCUT2D eigenvalue weighted by Crippen LogP contribution is -2.47. The van der Waals surface area contributed by atoms with Crippen LogP contribution in [0.4, 0.5) is 5.69 Å². The predicted molar refractivity (Wildman–Crippen MR) is 85.7 cm³/mol. The number of carbonyl (C=O) groups excluding carboxylic acids is 1. The molecule has 0 spiro atoms. The third-order valence-corrected chi connectivity index (χ3v) is 4.29. The van der Waals surface area contributed by atoms with Gasteiger partial charge in [0.15, 0.2) is 0 Å². The van der Waals surface area contributed by atoms with E-state index in [1.807, 2.05) is 38.2 Å². The zero-order valence-electron chi connectivity index (χ0n) is 13.1. The van der Waals surface area contributed by atoms with Gasteiger partial charge < -0.3 is 15.4 Å². The van der Waals surface area contributed by atoms with Gasteiger partial charge in [0.05, 0.1) is 6.61 Å². The lowest BCUT2D eigenvalue weighted by molar-refractivity contribution is -0.117. The molecule has 0 atom stereocenters. The van der Waals surface area contributed by atoms with Crippen molar-refractivity contribution in [3.05, 3.63) is 24.3 Å². The summed E-state index contributed by atoms with van der Waals surface area (Å²) >= 11 is 0. The molecule has 1 aromatic carbocycles. The molecule has 1 saturated carbocycles. The Balaban J connectivity index is 1.91. The molecule has 0 radical (unpaired) electrons. The quantitative estimate of drug-likeness (QED) is 0.845. The summed E-state index contributed by atoms with van der Waals surface area (Å²) in [4.78, 5) is 12.3. The summed E-state index contributed by atoms with van der Waals surface area (Å²) in [7, 11) is 1.97. The van der Waals surface area contributed by atoms with Gasteiger partial charge in [-0.15, -0.1) is 0 Å². The van der Waals surface area contributed by atoms with Gasteiger partial charge in [-0.2, -0.15) is 0 Å². The number of hydrogen-bond donors (Lipinski definition) is 2. The van der Waals surface area contributed by atoms with Crippen molar-refractivity contribution in [1.29, 1.82) is 0 Å². The number of hydrogen-bond acceptors (Lipinski definition) is 3. The minimum atomic E-state index is -0.0202. The van der Waals surface area contributed by atoms with E-state index in [0.717, 1.165) is 24.3 Å². The predicted octanol–water partition coefficient (Wildman–Crippen LogP) is 3.34. The van der Waals surface area contributed by atoms with Crippen LogP contribution >= 0.6 is 0 Å². The van der Waals surface area contributed by atoms with E-state index in [4.69, 9.17) is 4.74 Å². The molecule has 1 aliphatic rings. The highest BCUT2D eigenvalue weighted by Crippen LogP contribution is 2.31. The maximum Gasteiger partial charge on any atom is 0.226 e. The van der Waals surface area contributed by atoms with Crippen LogP contribution in [0.5, 0.6) is 5.75 Å². The first-order chi connectivity index (χ1) is 10.2. The zero-order valence-corrected chi connectivity index (χ0v) is 13.1. The monoisotopic (exact) mass is 290 g/mol. The average molecular weight is 290 g/mol. The molecule has 4 heteroatoms. The van der Waals surface area contributed by atoms with Crippen molar-refractivity contribution in [2.75, 3.05) is 19.0 Å². The lowest BCUT2D eigenvalue weighted by atomic mass is 9.79. The third-order valence-electron chi connectivity index (χ3n) is 4.29. The summed E-state index contributed by atoms with van der Waals surface area (Å²) < 4.78 is 5.40. The van der Waals surface area contributed by atoms with Crippen LogP contribution in [0.15, 0.2) is 24.3 Å². The van der Waals surface area contributed by atoms with Crippen molar-refractivity contribution in [2.24, 2.45) is 0 Å². The Kier molecular flexibility index (Phi) is 5.62. The molecule has 1 aromatic rings. The maximum absolute atomic E-state index is 12.3. The van der Waals surface area contributed by atoms with E-state index in [2.05, 4.69) is 10.6 Å². The van der Waals surface area contributed by atoms with Gasteiger partial charge in [-0.1, -0.05) is 19.3 Å². The van der Waals surface area contributed by atoms with Crippen LogP contribution in [0.1, 0.15) is 45.4 Å². The smallest absolute Gasteiger partial charge is 0.226 e. The van der Waals surface area contributed by atoms with Gasteiger partial charge >= 0.3 is 0 Å². The van der Waals surface area contributed by atoms with Gasteiger partial charge in [-0.05, 0) is 51.1 Å². The van der Waals surface area contributed by atoms with Crippen molar-refractivity contribution in [3.8, 4) is 5.75 Å². The molecule has 0 saturated heterocycles. The normalized spacial score (nSPS) is 17.2. The molecule has 0 unspecified atom stereocenters. The highest BCUT2D eigenvalue weighted by Gasteiger charge is 2.32. The second-order valence-electron chi connectivity index (χ2n) is 5.77. The van der Waals surface area contributed by atoms with Crippen molar-refractivity contribution in [2.45, 2.75) is 51.0 Å². The van der Waals surface area contributed by atoms with Crippen LogP contribution in [0.2, 0.25) is 0 Å². The largest absolute Gasteiger partial charge is 0.494 e. The van der Waals surface area contributed by atoms with Gasteiger partial charge in [0.1, 0.15) is 5.75 Å². The standard InChI is InChI=1S/C17H26N2O2/c1-3-21-15-9-7-14(8-10-15)19-16(20)13-17(18-2)11-5-4-6-12-17/h7-10,18H,3-6,11-13H2,1-2H3,(H,19,20). The first kappa shape index (κ1) is 15.8. The van der Waals surface area contributed by atoms with Gasteiger partial charge in [0.2, 0.25) is 5.91 Å². The number of nitrogens with one attached hydrogen (secondary N) is 2. The molecular weight excluding hydrogens is 264 g/mol. The third kappa shape index (κ3) is 4.46. The van der Waals surface area contributed by atoms with E-state index in [1.165, 1.54) is 19.3 Å². The number of anilines is 1. The molecular formula is C17H26N2O2. The van der Waals surface area contributed by atoms with Crippen molar-refractivity contribution in [3.63, 3.8) is 0 Å². The van der Waals surface area contributed by atoms with Crippen molar-refractivity contribution in [1.82, 2.24) is 5.32 Å². The lowest BCUT2D eigenvalue weighted by Gasteiger charge is -2.36. The van der Waals surface area contributed by atoms with Gasteiger partial charge in [0, 0.05) is 17.6 Å². The summed E-state index contributed by atoms with van der Waals surface area (Å²) in [6, 6.07) is 7.53. The Morgan fingerprint density at radius 1 is 1.19 bits per heavy atom. The molecule has 116 valence electrons. The Morgan fingerprint density at radius 2 is 1.86 bits per heavy atom. The minimum absolute atomic E-state index is 0.0202. The average Bonchev–Trinajstić information content (AvgIpc) is 2.50. The number of carbonyl (C=O) groups is 1. The minimum Gasteiger partial charge on any atom is -0.494 e. The molecule has 1 amide bonds. The topological polar surface area (TPSA) is 50.4 Å². The van der Waals surface area contributed by atoms with Gasteiger partial charge in [-0.25, -0.2) is 0 Å². The Hall–Kier alpha value is -1.55. The van der Waals surface area contributed by atoms with Crippen LogP contribution in [0, 0.1) is 0 Å². The number of amides is 1. The summed E-state index contributed by atoms with van der Waals surface area (Å²) in [5.74, 6) is 0.907. The van der Waals surface area contributed by atoms with Crippen LogP contribution in [0.25, 0.3) is 0 Å². The Morgan fingerprint density at radius 3 is 2.43 bits per heavy atom. The number of rotatable bonds is 6. The summed E-state index contributed by atoms with van der Waals surface area (Å²) in [6.07, 6.45) is 6.40. The molecule has 0 aromatic heterocycles. The SMILES string of the molecule is CCOc1ccc(NC(=O)CC2(NC)CCCCC2)cc1. The molecule has 2 rings (SSSR count). The van der Waals surface area contributed by atoms with E-state index < -0.39 is 0 Å². The molecule has 4 nitrogen and oxygen atoms in total. The summed E-state index contributed by atoms with van der Waals surface area (Å²) in [6.45, 7) is 2.60. The molecule has 21 heavy (non-hydrogen) atoms. The molecule has 1 fully saturated rings. The summed E-state index contributed by atoms with van der Waals surface area (Å²) in [5, 5.41) is 6.36. The van der Waals surface area contributed by atoms with Crippen molar-refractivity contribution < 1.29 is 9.53 Å². The highest BCUT2D eigenvalue weighted by atomic mass is 16.5. The van der Waals surface area contributed by atoms with E-state index in [9.17, 15) is 4.79 Å². The molecule has 1 aliphatic carbocycles. The summed E-state index contributed by atoms with van der Waals surface area (Å²) in [5.41, 5.74) is 0.804. The van der Waals surface area contributed by atoms with Crippen LogP contribution < -0.4 is 15.4 Å². The first-order valence-corrected chi connectivity index (χ1v) is 7.89. The van der Waals surface area contributed by atoms with E-state index >= 15 is 0 Å². The Bertz CT molecular complexity index is 450. The van der Waals surface area contributed by atoms with Crippen LogP contribution in [-0.2, 0) is 4.79 Å². The van der Waals surface area contributed by atoms with Gasteiger partial charge in [0.25, 0.3) is 0 Å². The molecule has 0 bridgehead atoms. The van der Waals surface area contributed by atoms with E-state index in [1.54, 1.807) is 0 Å². The molecule has 2 N–H and O–H groups in total. The fraction of sp³-hybridized carbons (Fsp3) is 0.588.